The summed E-state index contributed by atoms with van der Waals surface area (Å²) in [5.74, 6) is 0.320. The predicted octanol–water partition coefficient (Wildman–Crippen LogP) is 2.78. The van der Waals surface area contributed by atoms with Gasteiger partial charge in [-0.05, 0) is 31.4 Å². The van der Waals surface area contributed by atoms with Gasteiger partial charge < -0.3 is 9.64 Å². The molecule has 1 aromatic rings. The molecule has 0 bridgehead atoms. The van der Waals surface area contributed by atoms with E-state index in [0.29, 0.717) is 19.2 Å². The topological polar surface area (TPSA) is 42.4 Å². The third kappa shape index (κ3) is 3.62. The van der Waals surface area contributed by atoms with Crippen molar-refractivity contribution in [3.8, 4) is 0 Å². The molecule has 0 spiro atoms. The minimum Gasteiger partial charge on any atom is -0.381 e. The molecule has 0 aromatic carbocycles. The normalized spacial score (nSPS) is 23.1. The molecular weight excluding hydrogens is 264 g/mol. The smallest absolute Gasteiger partial charge is 0.228 e. The van der Waals surface area contributed by atoms with Crippen molar-refractivity contribution in [1.29, 1.82) is 0 Å². The molecule has 2 aliphatic rings. The average Bonchev–Trinajstić information content (AvgIpc) is 3.08. The number of hydrogen-bond donors (Lipinski definition) is 0. The fourth-order valence-corrected chi connectivity index (χ4v) is 3.41. The van der Waals surface area contributed by atoms with Crippen LogP contribution in [-0.4, -0.2) is 35.0 Å². The van der Waals surface area contributed by atoms with Gasteiger partial charge in [0.05, 0.1) is 24.8 Å². The molecule has 3 rings (SSSR count). The average molecular weight is 288 g/mol. The highest BCUT2D eigenvalue weighted by Gasteiger charge is 2.32. The predicted molar refractivity (Wildman–Crippen MR) is 80.6 cm³/mol. The van der Waals surface area contributed by atoms with E-state index >= 15 is 0 Å². The number of amides is 1. The summed E-state index contributed by atoms with van der Waals surface area (Å²) in [7, 11) is 0. The minimum atomic E-state index is 0.0515. The van der Waals surface area contributed by atoms with Crippen molar-refractivity contribution in [2.75, 3.05) is 13.2 Å². The van der Waals surface area contributed by atoms with E-state index in [1.54, 1.807) is 6.20 Å². The first-order valence-electron chi connectivity index (χ1n) is 8.13. The fraction of sp³-hybridized carbons (Fsp3) is 0.647. The molecule has 1 aliphatic heterocycles. The Kier molecular flexibility index (Phi) is 4.86. The lowest BCUT2D eigenvalue weighted by atomic mass is 9.92. The number of aromatic nitrogens is 1. The van der Waals surface area contributed by atoms with Crippen molar-refractivity contribution in [1.82, 2.24) is 9.88 Å². The summed E-state index contributed by atoms with van der Waals surface area (Å²) in [4.78, 5) is 19.3. The standard InChI is InChI=1S/C17H24N2O2/c20-17(14-9-11-21-13-14)19(16-7-2-1-3-8-16)12-15-6-4-5-10-18-15/h4-6,10,14,16H,1-3,7-9,11-13H2. The molecule has 2 heterocycles. The summed E-state index contributed by atoms with van der Waals surface area (Å²) < 4.78 is 5.40. The van der Waals surface area contributed by atoms with Gasteiger partial charge in [0.15, 0.2) is 0 Å². The van der Waals surface area contributed by atoms with Crippen LogP contribution < -0.4 is 0 Å². The zero-order valence-corrected chi connectivity index (χ0v) is 12.5. The molecule has 4 heteroatoms. The van der Waals surface area contributed by atoms with Gasteiger partial charge in [-0.3, -0.25) is 9.78 Å². The van der Waals surface area contributed by atoms with Crippen molar-refractivity contribution in [3.05, 3.63) is 30.1 Å². The van der Waals surface area contributed by atoms with Crippen molar-refractivity contribution in [3.63, 3.8) is 0 Å². The van der Waals surface area contributed by atoms with Gasteiger partial charge in [0, 0.05) is 18.8 Å². The molecular formula is C17H24N2O2. The molecule has 21 heavy (non-hydrogen) atoms. The van der Waals surface area contributed by atoms with Gasteiger partial charge in [-0.2, -0.15) is 0 Å². The van der Waals surface area contributed by atoms with Crippen LogP contribution in [0.4, 0.5) is 0 Å². The Morgan fingerprint density at radius 3 is 2.76 bits per heavy atom. The van der Waals surface area contributed by atoms with E-state index in [1.165, 1.54) is 19.3 Å². The van der Waals surface area contributed by atoms with Crippen molar-refractivity contribution in [2.24, 2.45) is 5.92 Å². The summed E-state index contributed by atoms with van der Waals surface area (Å²) in [6.07, 6.45) is 8.70. The van der Waals surface area contributed by atoms with E-state index in [0.717, 1.165) is 31.6 Å². The van der Waals surface area contributed by atoms with Crippen LogP contribution in [0.1, 0.15) is 44.2 Å². The Morgan fingerprint density at radius 1 is 1.24 bits per heavy atom. The molecule has 1 aromatic heterocycles. The number of carbonyl (C=O) groups excluding carboxylic acids is 1. The van der Waals surface area contributed by atoms with Crippen LogP contribution in [0.15, 0.2) is 24.4 Å². The maximum Gasteiger partial charge on any atom is 0.228 e. The molecule has 0 radical (unpaired) electrons. The summed E-state index contributed by atoms with van der Waals surface area (Å²) in [6, 6.07) is 6.30. The molecule has 1 atom stereocenters. The molecule has 1 unspecified atom stereocenters. The largest absolute Gasteiger partial charge is 0.381 e. The van der Waals surface area contributed by atoms with Crippen molar-refractivity contribution >= 4 is 5.91 Å². The molecule has 4 nitrogen and oxygen atoms in total. The Labute approximate surface area is 126 Å². The molecule has 1 saturated carbocycles. The minimum absolute atomic E-state index is 0.0515. The van der Waals surface area contributed by atoms with Crippen LogP contribution in [0.2, 0.25) is 0 Å². The van der Waals surface area contributed by atoms with Crippen LogP contribution in [0.25, 0.3) is 0 Å². The van der Waals surface area contributed by atoms with Gasteiger partial charge in [0.25, 0.3) is 0 Å². The van der Waals surface area contributed by atoms with Gasteiger partial charge in [-0.1, -0.05) is 25.3 Å². The van der Waals surface area contributed by atoms with Gasteiger partial charge in [-0.15, -0.1) is 0 Å². The van der Waals surface area contributed by atoms with E-state index in [2.05, 4.69) is 9.88 Å². The highest BCUT2D eigenvalue weighted by Crippen LogP contribution is 2.27. The Balaban J connectivity index is 1.74. The molecule has 114 valence electrons. The lowest BCUT2D eigenvalue weighted by Gasteiger charge is -2.35. The summed E-state index contributed by atoms with van der Waals surface area (Å²) in [5, 5.41) is 0. The number of rotatable bonds is 4. The van der Waals surface area contributed by atoms with Gasteiger partial charge >= 0.3 is 0 Å². The third-order valence-corrected chi connectivity index (χ3v) is 4.64. The first-order chi connectivity index (χ1) is 10.3. The Hall–Kier alpha value is -1.42. The molecule has 1 saturated heterocycles. The number of carbonyl (C=O) groups is 1. The lowest BCUT2D eigenvalue weighted by Crippen LogP contribution is -2.44. The molecule has 1 aliphatic carbocycles. The molecule has 2 fully saturated rings. The lowest BCUT2D eigenvalue weighted by molar-refractivity contribution is -0.139. The van der Waals surface area contributed by atoms with Gasteiger partial charge in [-0.25, -0.2) is 0 Å². The third-order valence-electron chi connectivity index (χ3n) is 4.64. The quantitative estimate of drug-likeness (QED) is 0.855. The Bertz CT molecular complexity index is 451. The zero-order chi connectivity index (χ0) is 14.5. The van der Waals surface area contributed by atoms with Gasteiger partial charge in [0.2, 0.25) is 5.91 Å². The maximum absolute atomic E-state index is 12.9. The Morgan fingerprint density at radius 2 is 2.10 bits per heavy atom. The van der Waals surface area contributed by atoms with E-state index in [9.17, 15) is 4.79 Å². The summed E-state index contributed by atoms with van der Waals surface area (Å²) in [6.45, 7) is 1.95. The second kappa shape index (κ2) is 7.03. The van der Waals surface area contributed by atoms with Crippen LogP contribution in [0.3, 0.4) is 0 Å². The highest BCUT2D eigenvalue weighted by molar-refractivity contribution is 5.79. The monoisotopic (exact) mass is 288 g/mol. The number of nitrogens with zero attached hydrogens (tertiary/aromatic N) is 2. The van der Waals surface area contributed by atoms with Crippen LogP contribution in [0, 0.1) is 5.92 Å². The second-order valence-corrected chi connectivity index (χ2v) is 6.14. The van der Waals surface area contributed by atoms with E-state index in [4.69, 9.17) is 4.74 Å². The van der Waals surface area contributed by atoms with Crippen LogP contribution in [0.5, 0.6) is 0 Å². The van der Waals surface area contributed by atoms with Crippen molar-refractivity contribution < 1.29 is 9.53 Å². The van der Waals surface area contributed by atoms with Crippen LogP contribution in [-0.2, 0) is 16.1 Å². The van der Waals surface area contributed by atoms with Crippen LogP contribution >= 0.6 is 0 Å². The summed E-state index contributed by atoms with van der Waals surface area (Å²) >= 11 is 0. The molecule has 0 N–H and O–H groups in total. The maximum atomic E-state index is 12.9. The number of ether oxygens (including phenoxy) is 1. The van der Waals surface area contributed by atoms with E-state index in [-0.39, 0.29) is 11.8 Å². The van der Waals surface area contributed by atoms with Crippen molar-refractivity contribution in [2.45, 2.75) is 51.1 Å². The summed E-state index contributed by atoms with van der Waals surface area (Å²) in [5.41, 5.74) is 0.982. The first-order valence-corrected chi connectivity index (χ1v) is 8.13. The fourth-order valence-electron chi connectivity index (χ4n) is 3.41. The number of pyridine rings is 1. The van der Waals surface area contributed by atoms with Gasteiger partial charge in [0.1, 0.15) is 0 Å². The first kappa shape index (κ1) is 14.5. The number of hydrogen-bond acceptors (Lipinski definition) is 3. The highest BCUT2D eigenvalue weighted by atomic mass is 16.5. The SMILES string of the molecule is O=C(C1CCOC1)N(Cc1ccccn1)C1CCCCC1. The van der Waals surface area contributed by atoms with E-state index in [1.807, 2.05) is 18.2 Å². The van der Waals surface area contributed by atoms with E-state index < -0.39 is 0 Å². The second-order valence-electron chi connectivity index (χ2n) is 6.14. The zero-order valence-electron chi connectivity index (χ0n) is 12.5. The molecule has 1 amide bonds.